The Hall–Kier alpha value is -3.72. The summed E-state index contributed by atoms with van der Waals surface area (Å²) >= 11 is 1.28. The molecular weight excluding hydrogens is 441 g/mol. The van der Waals surface area contributed by atoms with Gasteiger partial charge in [0, 0.05) is 30.2 Å². The van der Waals surface area contributed by atoms with Gasteiger partial charge in [0.15, 0.2) is 11.0 Å². The SMILES string of the molecule is CCOc1ccc(-n2c(SCC(=O)NCc3ccc(F)cc3)nnc2-c2cccnc2)cc1. The average Bonchev–Trinajstić information content (AvgIpc) is 3.27. The topological polar surface area (TPSA) is 81.9 Å². The molecule has 0 fully saturated rings. The van der Waals surface area contributed by atoms with E-state index >= 15 is 0 Å². The van der Waals surface area contributed by atoms with Crippen molar-refractivity contribution in [1.82, 2.24) is 25.1 Å². The number of rotatable bonds is 9. The lowest BCUT2D eigenvalue weighted by atomic mass is 10.2. The van der Waals surface area contributed by atoms with Crippen LogP contribution in [-0.2, 0) is 11.3 Å². The molecule has 0 aliphatic heterocycles. The van der Waals surface area contributed by atoms with Gasteiger partial charge in [0.05, 0.1) is 12.4 Å². The molecule has 2 aromatic carbocycles. The van der Waals surface area contributed by atoms with Crippen molar-refractivity contribution < 1.29 is 13.9 Å². The summed E-state index contributed by atoms with van der Waals surface area (Å²) in [6.45, 7) is 2.84. The molecule has 9 heteroatoms. The van der Waals surface area contributed by atoms with Crippen molar-refractivity contribution >= 4 is 17.7 Å². The smallest absolute Gasteiger partial charge is 0.230 e. The van der Waals surface area contributed by atoms with Gasteiger partial charge in [0.2, 0.25) is 5.91 Å². The number of hydrogen-bond donors (Lipinski definition) is 1. The van der Waals surface area contributed by atoms with Crippen molar-refractivity contribution in [3.05, 3.63) is 84.4 Å². The van der Waals surface area contributed by atoms with Gasteiger partial charge in [0.1, 0.15) is 11.6 Å². The highest BCUT2D eigenvalue weighted by molar-refractivity contribution is 7.99. The van der Waals surface area contributed by atoms with Crippen molar-refractivity contribution in [1.29, 1.82) is 0 Å². The molecule has 0 aliphatic carbocycles. The maximum absolute atomic E-state index is 13.0. The molecule has 0 bridgehead atoms. The Bertz CT molecular complexity index is 1200. The van der Waals surface area contributed by atoms with Crippen LogP contribution in [0.25, 0.3) is 17.1 Å². The summed E-state index contributed by atoms with van der Waals surface area (Å²) in [4.78, 5) is 16.6. The third-order valence-corrected chi connectivity index (χ3v) is 5.62. The molecule has 168 valence electrons. The maximum Gasteiger partial charge on any atom is 0.230 e. The van der Waals surface area contributed by atoms with E-state index in [9.17, 15) is 9.18 Å². The normalized spacial score (nSPS) is 10.7. The monoisotopic (exact) mass is 463 g/mol. The van der Waals surface area contributed by atoms with Crippen molar-refractivity contribution in [2.75, 3.05) is 12.4 Å². The molecule has 4 aromatic rings. The average molecular weight is 464 g/mol. The van der Waals surface area contributed by atoms with Crippen LogP contribution in [0.1, 0.15) is 12.5 Å². The van der Waals surface area contributed by atoms with Gasteiger partial charge in [0.25, 0.3) is 0 Å². The van der Waals surface area contributed by atoms with Crippen LogP contribution in [0.2, 0.25) is 0 Å². The van der Waals surface area contributed by atoms with E-state index in [1.54, 1.807) is 24.5 Å². The van der Waals surface area contributed by atoms with Gasteiger partial charge in [-0.2, -0.15) is 0 Å². The summed E-state index contributed by atoms with van der Waals surface area (Å²) in [5.41, 5.74) is 2.48. The number of nitrogens with zero attached hydrogens (tertiary/aromatic N) is 4. The summed E-state index contributed by atoms with van der Waals surface area (Å²) < 4.78 is 20.5. The lowest BCUT2D eigenvalue weighted by Crippen LogP contribution is -2.24. The predicted octanol–water partition coefficient (Wildman–Crippen LogP) is 4.28. The van der Waals surface area contributed by atoms with Crippen LogP contribution in [0.15, 0.2) is 78.2 Å². The van der Waals surface area contributed by atoms with Crippen LogP contribution in [0.5, 0.6) is 5.75 Å². The zero-order valence-electron chi connectivity index (χ0n) is 17.9. The van der Waals surface area contributed by atoms with Crippen molar-refractivity contribution in [2.24, 2.45) is 0 Å². The Kier molecular flexibility index (Phi) is 7.31. The Labute approximate surface area is 195 Å². The molecule has 33 heavy (non-hydrogen) atoms. The van der Waals surface area contributed by atoms with Crippen LogP contribution in [0.4, 0.5) is 4.39 Å². The molecule has 0 aliphatic rings. The molecule has 0 saturated heterocycles. The lowest BCUT2D eigenvalue weighted by molar-refractivity contribution is -0.118. The second-order valence-corrected chi connectivity index (χ2v) is 7.94. The molecule has 1 amide bonds. The summed E-state index contributed by atoms with van der Waals surface area (Å²) in [7, 11) is 0. The Morgan fingerprint density at radius 3 is 2.58 bits per heavy atom. The number of nitrogens with one attached hydrogen (secondary N) is 1. The Morgan fingerprint density at radius 2 is 1.88 bits per heavy atom. The zero-order chi connectivity index (χ0) is 23.0. The number of pyridine rings is 1. The molecule has 0 radical (unpaired) electrons. The number of amides is 1. The van der Waals surface area contributed by atoms with Gasteiger partial charge in [-0.05, 0) is 61.0 Å². The fraction of sp³-hybridized carbons (Fsp3) is 0.167. The molecule has 0 spiro atoms. The molecule has 0 atom stereocenters. The minimum atomic E-state index is -0.307. The van der Waals surface area contributed by atoms with Crippen molar-refractivity contribution in [2.45, 2.75) is 18.6 Å². The molecule has 0 unspecified atom stereocenters. The maximum atomic E-state index is 13.0. The number of carbonyl (C=O) groups is 1. The Morgan fingerprint density at radius 1 is 1.09 bits per heavy atom. The number of hydrogen-bond acceptors (Lipinski definition) is 6. The minimum Gasteiger partial charge on any atom is -0.494 e. The summed E-state index contributed by atoms with van der Waals surface area (Å²) in [5.74, 6) is 1.09. The third kappa shape index (κ3) is 5.75. The zero-order valence-corrected chi connectivity index (χ0v) is 18.8. The van der Waals surface area contributed by atoms with E-state index in [-0.39, 0.29) is 17.5 Å². The predicted molar refractivity (Wildman–Crippen MR) is 125 cm³/mol. The van der Waals surface area contributed by atoms with Gasteiger partial charge >= 0.3 is 0 Å². The molecule has 7 nitrogen and oxygen atoms in total. The minimum absolute atomic E-state index is 0.156. The first-order chi connectivity index (χ1) is 16.1. The first kappa shape index (κ1) is 22.5. The standard InChI is InChI=1S/C24H22FN5O2S/c1-2-32-21-11-9-20(10-12-21)30-23(18-4-3-13-26-15-18)28-29-24(30)33-16-22(31)27-14-17-5-7-19(25)8-6-17/h3-13,15H,2,14,16H2,1H3,(H,27,31). The quantitative estimate of drug-likeness (QED) is 0.373. The Balaban J connectivity index is 1.51. The van der Waals surface area contributed by atoms with E-state index in [4.69, 9.17) is 4.74 Å². The van der Waals surface area contributed by atoms with Crippen LogP contribution in [0, 0.1) is 5.82 Å². The van der Waals surface area contributed by atoms with Crippen LogP contribution in [0.3, 0.4) is 0 Å². The molecular formula is C24H22FN5O2S. The van der Waals surface area contributed by atoms with E-state index in [2.05, 4.69) is 20.5 Å². The van der Waals surface area contributed by atoms with Gasteiger partial charge in [-0.3, -0.25) is 14.3 Å². The van der Waals surface area contributed by atoms with Crippen molar-refractivity contribution in [3.8, 4) is 22.8 Å². The highest BCUT2D eigenvalue weighted by atomic mass is 32.2. The third-order valence-electron chi connectivity index (χ3n) is 4.69. The molecule has 1 N–H and O–H groups in total. The van der Waals surface area contributed by atoms with Crippen LogP contribution in [-0.4, -0.2) is 38.0 Å². The van der Waals surface area contributed by atoms with Gasteiger partial charge in [-0.25, -0.2) is 4.39 Å². The number of aromatic nitrogens is 4. The molecule has 2 aromatic heterocycles. The van der Waals surface area contributed by atoms with Crippen molar-refractivity contribution in [3.63, 3.8) is 0 Å². The number of ether oxygens (including phenoxy) is 1. The van der Waals surface area contributed by atoms with Gasteiger partial charge < -0.3 is 10.1 Å². The first-order valence-electron chi connectivity index (χ1n) is 10.4. The van der Waals surface area contributed by atoms with E-state index in [0.29, 0.717) is 24.1 Å². The first-order valence-corrected chi connectivity index (χ1v) is 11.4. The van der Waals surface area contributed by atoms with E-state index in [1.165, 1.54) is 23.9 Å². The highest BCUT2D eigenvalue weighted by Gasteiger charge is 2.17. The molecule has 4 rings (SSSR count). The van der Waals surface area contributed by atoms with Crippen LogP contribution >= 0.6 is 11.8 Å². The van der Waals surface area contributed by atoms with E-state index in [0.717, 1.165) is 22.6 Å². The largest absolute Gasteiger partial charge is 0.494 e. The second kappa shape index (κ2) is 10.7. The number of benzene rings is 2. The molecule has 0 saturated carbocycles. The number of carbonyl (C=O) groups excluding carboxylic acids is 1. The van der Waals surface area contributed by atoms with Gasteiger partial charge in [-0.1, -0.05) is 23.9 Å². The van der Waals surface area contributed by atoms with Gasteiger partial charge in [-0.15, -0.1) is 10.2 Å². The summed E-state index contributed by atoms with van der Waals surface area (Å²) in [5, 5.41) is 12.1. The van der Waals surface area contributed by atoms with Crippen LogP contribution < -0.4 is 10.1 Å². The number of thioether (sulfide) groups is 1. The summed E-state index contributed by atoms with van der Waals surface area (Å²) in [6.07, 6.45) is 3.42. The highest BCUT2D eigenvalue weighted by Crippen LogP contribution is 2.28. The fourth-order valence-electron chi connectivity index (χ4n) is 3.12. The fourth-order valence-corrected chi connectivity index (χ4v) is 3.90. The van der Waals surface area contributed by atoms with E-state index in [1.807, 2.05) is 47.9 Å². The number of halogens is 1. The lowest BCUT2D eigenvalue weighted by Gasteiger charge is -2.11. The summed E-state index contributed by atoms with van der Waals surface area (Å²) in [6, 6.07) is 17.4. The molecule has 2 heterocycles. The second-order valence-electron chi connectivity index (χ2n) is 7.00. The van der Waals surface area contributed by atoms with E-state index < -0.39 is 0 Å².